The van der Waals surface area contributed by atoms with Gasteiger partial charge in [-0.15, -0.1) is 0 Å². The maximum absolute atomic E-state index is 12.9. The summed E-state index contributed by atoms with van der Waals surface area (Å²) in [6.07, 6.45) is 0.640. The molecule has 0 spiro atoms. The molecule has 26 heavy (non-hydrogen) atoms. The molecule has 4 heteroatoms. The molecule has 3 aromatic rings. The fourth-order valence-corrected chi connectivity index (χ4v) is 6.49. The Kier molecular flexibility index (Phi) is 6.10. The van der Waals surface area contributed by atoms with Gasteiger partial charge in [-0.3, -0.25) is 0 Å². The molecule has 0 bridgehead atoms. The number of aryl methyl sites for hydroxylation is 1. The Balaban J connectivity index is 1.95. The van der Waals surface area contributed by atoms with E-state index in [4.69, 9.17) is 0 Å². The topological polar surface area (TPSA) is 34.1 Å². The first-order chi connectivity index (χ1) is 12.5. The molecule has 132 valence electrons. The number of sulfone groups is 1. The average Bonchev–Trinajstić information content (AvgIpc) is 2.63. The Morgan fingerprint density at radius 3 is 2.04 bits per heavy atom. The molecule has 0 aliphatic carbocycles. The number of rotatable bonds is 6. The van der Waals surface area contributed by atoms with Crippen molar-refractivity contribution in [2.24, 2.45) is 0 Å². The molecule has 0 N–H and O–H groups in total. The zero-order valence-electron chi connectivity index (χ0n) is 14.5. The van der Waals surface area contributed by atoms with Gasteiger partial charge < -0.3 is 0 Å². The van der Waals surface area contributed by atoms with Gasteiger partial charge in [-0.25, -0.2) is 0 Å². The minimum absolute atomic E-state index is 0.0468. The van der Waals surface area contributed by atoms with E-state index in [0.717, 1.165) is 15.6 Å². The van der Waals surface area contributed by atoms with Gasteiger partial charge in [-0.1, -0.05) is 0 Å². The first-order valence-electron chi connectivity index (χ1n) is 8.32. The predicted molar refractivity (Wildman–Crippen MR) is 108 cm³/mol. The van der Waals surface area contributed by atoms with Crippen LogP contribution in [-0.2, 0) is 16.3 Å². The summed E-state index contributed by atoms with van der Waals surface area (Å²) in [6.45, 7) is 1.95. The van der Waals surface area contributed by atoms with Crippen molar-refractivity contribution in [1.29, 1.82) is 0 Å². The number of hydrogen-bond donors (Lipinski definition) is 0. The Morgan fingerprint density at radius 1 is 0.846 bits per heavy atom. The molecule has 0 saturated carbocycles. The predicted octanol–water partition coefficient (Wildman–Crippen LogP) is 3.88. The molecule has 3 rings (SSSR count). The molecule has 0 heterocycles. The van der Waals surface area contributed by atoms with Crippen LogP contribution in [0.2, 0.25) is 0 Å². The molecular weight excluding hydrogens is 407 g/mol. The van der Waals surface area contributed by atoms with Crippen LogP contribution in [0.1, 0.15) is 11.1 Å². The molecule has 0 amide bonds. The van der Waals surface area contributed by atoms with Crippen LogP contribution in [0.25, 0.3) is 0 Å². The quantitative estimate of drug-likeness (QED) is 0.560. The summed E-state index contributed by atoms with van der Waals surface area (Å²) < 4.78 is 27.8. The maximum atomic E-state index is 12.9. The van der Waals surface area contributed by atoms with Crippen LogP contribution in [0, 0.1) is 6.92 Å². The zero-order valence-corrected chi connectivity index (χ0v) is 17.0. The van der Waals surface area contributed by atoms with Gasteiger partial charge in [0.25, 0.3) is 0 Å². The van der Waals surface area contributed by atoms with Crippen molar-refractivity contribution in [3.8, 4) is 0 Å². The standard InChI is InChI=1S/C22H20O2SSe/c1-18-12-14-20(15-13-18)25(23,24)17-22(16-19-8-4-2-5-9-19)26-21-10-6-3-7-11-21/h2-15,17H,16H2,1H3. The molecule has 3 aromatic carbocycles. The van der Waals surface area contributed by atoms with Gasteiger partial charge in [-0.05, 0) is 0 Å². The molecule has 0 aliphatic rings. The van der Waals surface area contributed by atoms with Crippen molar-refractivity contribution in [2.45, 2.75) is 18.2 Å². The molecule has 0 saturated heterocycles. The second-order valence-corrected chi connectivity index (χ2v) is 10.3. The molecule has 0 fully saturated rings. The molecular formula is C22H20O2SSe. The van der Waals surface area contributed by atoms with Crippen molar-refractivity contribution in [3.63, 3.8) is 0 Å². The van der Waals surface area contributed by atoms with Gasteiger partial charge in [0.1, 0.15) is 0 Å². The summed E-state index contributed by atoms with van der Waals surface area (Å²) in [7, 11) is -3.46. The van der Waals surface area contributed by atoms with Crippen LogP contribution in [0.5, 0.6) is 0 Å². The van der Waals surface area contributed by atoms with Gasteiger partial charge in [0, 0.05) is 0 Å². The van der Waals surface area contributed by atoms with Gasteiger partial charge >= 0.3 is 162 Å². The third kappa shape index (κ3) is 5.18. The SMILES string of the molecule is Cc1ccc(S(=O)(=O)C=C(Cc2ccccc2)[Se]c2ccccc2)cc1. The van der Waals surface area contributed by atoms with Crippen molar-refractivity contribution >= 4 is 29.3 Å². The third-order valence-electron chi connectivity index (χ3n) is 3.85. The fourth-order valence-electron chi connectivity index (χ4n) is 2.51. The van der Waals surface area contributed by atoms with Crippen LogP contribution in [0.15, 0.2) is 99.7 Å². The van der Waals surface area contributed by atoms with Crippen LogP contribution < -0.4 is 4.46 Å². The van der Waals surface area contributed by atoms with Gasteiger partial charge in [0.2, 0.25) is 0 Å². The van der Waals surface area contributed by atoms with Crippen molar-refractivity contribution in [2.75, 3.05) is 0 Å². The van der Waals surface area contributed by atoms with Crippen LogP contribution in [0.3, 0.4) is 0 Å². The van der Waals surface area contributed by atoms with E-state index in [2.05, 4.69) is 12.1 Å². The van der Waals surface area contributed by atoms with E-state index >= 15 is 0 Å². The summed E-state index contributed by atoms with van der Waals surface area (Å²) in [5.41, 5.74) is 2.17. The zero-order chi connectivity index (χ0) is 18.4. The number of hydrogen-bond acceptors (Lipinski definition) is 2. The number of benzene rings is 3. The van der Waals surface area contributed by atoms with Gasteiger partial charge in [-0.2, -0.15) is 0 Å². The van der Waals surface area contributed by atoms with Gasteiger partial charge in [0.15, 0.2) is 0 Å². The summed E-state index contributed by atoms with van der Waals surface area (Å²) in [6, 6.07) is 27.1. The van der Waals surface area contributed by atoms with Crippen LogP contribution in [-0.4, -0.2) is 23.4 Å². The van der Waals surface area contributed by atoms with Gasteiger partial charge in [0.05, 0.1) is 0 Å². The third-order valence-corrected chi connectivity index (χ3v) is 7.88. The Bertz CT molecular complexity index is 934. The summed E-state index contributed by atoms with van der Waals surface area (Å²) in [4.78, 5) is 0.345. The van der Waals surface area contributed by atoms with E-state index in [1.54, 1.807) is 12.1 Å². The van der Waals surface area contributed by atoms with E-state index < -0.39 is 9.84 Å². The molecule has 2 nitrogen and oxygen atoms in total. The van der Waals surface area contributed by atoms with E-state index in [1.165, 1.54) is 9.87 Å². The molecule has 0 atom stereocenters. The second-order valence-electron chi connectivity index (χ2n) is 6.02. The first kappa shape index (κ1) is 18.7. The average molecular weight is 427 g/mol. The summed E-state index contributed by atoms with van der Waals surface area (Å²) >= 11 is -0.0468. The minimum atomic E-state index is -3.46. The number of allylic oxidation sites excluding steroid dienone is 1. The van der Waals surface area contributed by atoms with E-state index in [0.29, 0.717) is 11.3 Å². The monoisotopic (exact) mass is 428 g/mol. The van der Waals surface area contributed by atoms with E-state index in [1.807, 2.05) is 67.6 Å². The molecule has 0 unspecified atom stereocenters. The van der Waals surface area contributed by atoms with Crippen molar-refractivity contribution < 1.29 is 8.42 Å². The normalized spacial score (nSPS) is 12.1. The molecule has 0 radical (unpaired) electrons. The second kappa shape index (κ2) is 8.50. The summed E-state index contributed by atoms with van der Waals surface area (Å²) in [5.74, 6) is 0. The Morgan fingerprint density at radius 2 is 1.42 bits per heavy atom. The fraction of sp³-hybridized carbons (Fsp3) is 0.0909. The van der Waals surface area contributed by atoms with Crippen molar-refractivity contribution in [1.82, 2.24) is 0 Å². The molecule has 0 aliphatic heterocycles. The van der Waals surface area contributed by atoms with Crippen molar-refractivity contribution in [3.05, 3.63) is 106 Å². The summed E-state index contributed by atoms with van der Waals surface area (Å²) in [5, 5.41) is 1.47. The Hall–Kier alpha value is -2.13. The Labute approximate surface area is 161 Å². The molecule has 0 aromatic heterocycles. The first-order valence-corrected chi connectivity index (χ1v) is 11.6. The van der Waals surface area contributed by atoms with E-state index in [-0.39, 0.29) is 15.0 Å². The van der Waals surface area contributed by atoms with E-state index in [9.17, 15) is 8.42 Å². The van der Waals surface area contributed by atoms with Crippen LogP contribution in [0.4, 0.5) is 0 Å². The van der Waals surface area contributed by atoms with Crippen LogP contribution >= 0.6 is 0 Å².